The molecule has 0 fully saturated rings. The minimum Gasteiger partial charge on any atom is -0.462 e. The predicted molar refractivity (Wildman–Crippen MR) is 255 cm³/mol. The summed E-state index contributed by atoms with van der Waals surface area (Å²) in [6, 6.07) is -0.695. The van der Waals surface area contributed by atoms with Gasteiger partial charge in [-0.3, -0.25) is 9.59 Å². The van der Waals surface area contributed by atoms with E-state index in [0.717, 1.165) is 44.9 Å². The maximum Gasteiger partial charge on any atom is 0.306 e. The number of nitrogens with one attached hydrogen (secondary N) is 1. The lowest BCUT2D eigenvalue weighted by molar-refractivity contribution is -0.151. The number of hydrogen-bond acceptors (Lipinski definition) is 5. The third-order valence-electron chi connectivity index (χ3n) is 12.3. The van der Waals surface area contributed by atoms with Crippen molar-refractivity contribution in [2.24, 2.45) is 0 Å². The van der Waals surface area contributed by atoms with Gasteiger partial charge in [0.15, 0.2) is 0 Å². The van der Waals surface area contributed by atoms with E-state index >= 15 is 0 Å². The van der Waals surface area contributed by atoms with Gasteiger partial charge in [-0.15, -0.1) is 0 Å². The zero-order valence-electron chi connectivity index (χ0n) is 39.9. The normalized spacial score (nSPS) is 13.2. The molecule has 0 rings (SSSR count). The molecule has 0 aliphatic carbocycles. The van der Waals surface area contributed by atoms with Crippen molar-refractivity contribution >= 4 is 11.9 Å². The Morgan fingerprint density at radius 3 is 1.20 bits per heavy atom. The first kappa shape index (κ1) is 57.6. The Labute approximate surface area is 368 Å². The van der Waals surface area contributed by atoms with Gasteiger partial charge in [-0.05, 0) is 51.4 Å². The molecule has 6 heteroatoms. The van der Waals surface area contributed by atoms with E-state index in [1.54, 1.807) is 0 Å². The first-order valence-corrected chi connectivity index (χ1v) is 26.4. The van der Waals surface area contributed by atoms with Gasteiger partial charge >= 0.3 is 5.97 Å². The molecule has 0 aromatic carbocycles. The Morgan fingerprint density at radius 1 is 0.475 bits per heavy atom. The number of carbonyl (C=O) groups excluding carboxylic acids is 2. The van der Waals surface area contributed by atoms with Gasteiger partial charge < -0.3 is 20.3 Å². The van der Waals surface area contributed by atoms with E-state index in [1.807, 2.05) is 0 Å². The summed E-state index contributed by atoms with van der Waals surface area (Å²) in [5.74, 6) is -0.463. The number of amides is 1. The third kappa shape index (κ3) is 43.1. The molecular formula is C53H103NO5. The molecule has 6 nitrogen and oxygen atoms in total. The van der Waals surface area contributed by atoms with Crippen LogP contribution in [-0.4, -0.2) is 46.9 Å². The summed E-state index contributed by atoms with van der Waals surface area (Å²) in [5, 5.41) is 23.8. The van der Waals surface area contributed by atoms with E-state index in [4.69, 9.17) is 4.74 Å². The van der Waals surface area contributed by atoms with Crippen LogP contribution >= 0.6 is 0 Å². The summed E-state index contributed by atoms with van der Waals surface area (Å²) in [7, 11) is 0. The highest BCUT2D eigenvalue weighted by Crippen LogP contribution is 2.18. The SMILES string of the molecule is CCCCCCCC/C=C/CCCCCCCCCC(=O)OC(CCCCCCCCCCCC)CC(=O)NC(CO)C(O)CCCCCCCCCCCCCCC. The average Bonchev–Trinajstić information content (AvgIpc) is 3.23. The van der Waals surface area contributed by atoms with Gasteiger partial charge in [0.2, 0.25) is 5.91 Å². The Kier molecular flexibility index (Phi) is 46.5. The predicted octanol–water partition coefficient (Wildman–Crippen LogP) is 15.7. The fourth-order valence-corrected chi connectivity index (χ4v) is 8.31. The lowest BCUT2D eigenvalue weighted by atomic mass is 10.0. The van der Waals surface area contributed by atoms with Crippen LogP contribution in [-0.2, 0) is 14.3 Å². The van der Waals surface area contributed by atoms with Crippen molar-refractivity contribution in [3.05, 3.63) is 12.2 Å². The minimum atomic E-state index is -0.781. The van der Waals surface area contributed by atoms with Gasteiger partial charge in [-0.2, -0.15) is 0 Å². The molecule has 0 heterocycles. The lowest BCUT2D eigenvalue weighted by Gasteiger charge is -2.24. The molecule has 0 aliphatic heterocycles. The molecule has 0 bridgehead atoms. The molecule has 3 N–H and O–H groups in total. The summed E-state index contributed by atoms with van der Waals surface area (Å²) >= 11 is 0. The van der Waals surface area contributed by atoms with Crippen molar-refractivity contribution in [1.82, 2.24) is 5.32 Å². The molecule has 59 heavy (non-hydrogen) atoms. The number of unbranched alkanes of at least 4 members (excludes halogenated alkanes) is 34. The van der Waals surface area contributed by atoms with Crippen molar-refractivity contribution in [2.45, 2.75) is 309 Å². The second kappa shape index (κ2) is 47.6. The van der Waals surface area contributed by atoms with Crippen molar-refractivity contribution < 1.29 is 24.5 Å². The molecular weight excluding hydrogens is 731 g/mol. The molecule has 0 aromatic rings. The molecule has 1 amide bonds. The van der Waals surface area contributed by atoms with E-state index in [2.05, 4.69) is 38.2 Å². The fraction of sp³-hybridized carbons (Fsp3) is 0.925. The summed E-state index contributed by atoms with van der Waals surface area (Å²) in [6.45, 7) is 6.49. The molecule has 0 aliphatic rings. The maximum atomic E-state index is 13.2. The van der Waals surface area contributed by atoms with Crippen LogP contribution < -0.4 is 5.32 Å². The molecule has 3 atom stereocenters. The Bertz CT molecular complexity index is 893. The minimum absolute atomic E-state index is 0.0827. The van der Waals surface area contributed by atoms with Crippen molar-refractivity contribution in [1.29, 1.82) is 0 Å². The highest BCUT2D eigenvalue weighted by atomic mass is 16.5. The molecule has 0 radical (unpaired) electrons. The zero-order valence-corrected chi connectivity index (χ0v) is 39.9. The first-order chi connectivity index (χ1) is 29.0. The number of allylic oxidation sites excluding steroid dienone is 2. The summed E-state index contributed by atoms with van der Waals surface area (Å²) in [4.78, 5) is 26.1. The van der Waals surface area contributed by atoms with Crippen LogP contribution in [0, 0.1) is 0 Å². The molecule has 0 aromatic heterocycles. The maximum absolute atomic E-state index is 13.2. The van der Waals surface area contributed by atoms with Crippen molar-refractivity contribution in [3.8, 4) is 0 Å². The molecule has 0 saturated heterocycles. The van der Waals surface area contributed by atoms with Gasteiger partial charge in [0, 0.05) is 6.42 Å². The van der Waals surface area contributed by atoms with E-state index in [0.29, 0.717) is 19.3 Å². The van der Waals surface area contributed by atoms with Gasteiger partial charge in [-0.1, -0.05) is 238 Å². The molecule has 350 valence electrons. The number of aliphatic hydroxyl groups is 2. The fourth-order valence-electron chi connectivity index (χ4n) is 8.31. The number of hydrogen-bond donors (Lipinski definition) is 3. The number of rotatable bonds is 48. The largest absolute Gasteiger partial charge is 0.462 e. The highest BCUT2D eigenvalue weighted by molar-refractivity contribution is 5.77. The quantitative estimate of drug-likeness (QED) is 0.0322. The van der Waals surface area contributed by atoms with E-state index in [1.165, 1.54) is 199 Å². The van der Waals surface area contributed by atoms with Crippen LogP contribution in [0.1, 0.15) is 290 Å². The molecule has 3 unspecified atom stereocenters. The first-order valence-electron chi connectivity index (χ1n) is 26.4. The molecule has 0 spiro atoms. The third-order valence-corrected chi connectivity index (χ3v) is 12.3. The van der Waals surface area contributed by atoms with Crippen LogP contribution in [0.3, 0.4) is 0 Å². The van der Waals surface area contributed by atoms with Crippen LogP contribution in [0.4, 0.5) is 0 Å². The van der Waals surface area contributed by atoms with Crippen LogP contribution in [0.15, 0.2) is 12.2 Å². The average molecular weight is 834 g/mol. The van der Waals surface area contributed by atoms with Gasteiger partial charge in [0.1, 0.15) is 6.10 Å². The summed E-state index contributed by atoms with van der Waals surface area (Å²) < 4.78 is 5.93. The van der Waals surface area contributed by atoms with E-state index in [-0.39, 0.29) is 24.9 Å². The van der Waals surface area contributed by atoms with Crippen molar-refractivity contribution in [3.63, 3.8) is 0 Å². The topological polar surface area (TPSA) is 95.9 Å². The van der Waals surface area contributed by atoms with Crippen LogP contribution in [0.25, 0.3) is 0 Å². The Morgan fingerprint density at radius 2 is 0.814 bits per heavy atom. The summed E-state index contributed by atoms with van der Waals surface area (Å²) in [6.07, 6.45) is 52.7. The van der Waals surface area contributed by atoms with Crippen LogP contribution in [0.2, 0.25) is 0 Å². The van der Waals surface area contributed by atoms with Gasteiger partial charge in [-0.25, -0.2) is 0 Å². The Balaban J connectivity index is 4.45. The van der Waals surface area contributed by atoms with E-state index in [9.17, 15) is 19.8 Å². The molecule has 0 saturated carbocycles. The van der Waals surface area contributed by atoms with Gasteiger partial charge in [0.05, 0.1) is 25.2 Å². The smallest absolute Gasteiger partial charge is 0.306 e. The highest BCUT2D eigenvalue weighted by Gasteiger charge is 2.24. The zero-order chi connectivity index (χ0) is 43.1. The lowest BCUT2D eigenvalue weighted by Crippen LogP contribution is -2.46. The van der Waals surface area contributed by atoms with Crippen molar-refractivity contribution in [2.75, 3.05) is 6.61 Å². The number of carbonyl (C=O) groups is 2. The second-order valence-corrected chi connectivity index (χ2v) is 18.3. The number of esters is 1. The van der Waals surface area contributed by atoms with Crippen LogP contribution in [0.5, 0.6) is 0 Å². The monoisotopic (exact) mass is 834 g/mol. The number of aliphatic hydroxyl groups excluding tert-OH is 2. The second-order valence-electron chi connectivity index (χ2n) is 18.3. The van der Waals surface area contributed by atoms with Gasteiger partial charge in [0.25, 0.3) is 0 Å². The number of ether oxygens (including phenoxy) is 1. The summed E-state index contributed by atoms with van der Waals surface area (Å²) in [5.41, 5.74) is 0. The standard InChI is InChI=1S/C53H103NO5/c1-4-7-10-13-16-19-22-24-25-26-27-29-31-34-37-40-43-46-53(58)59-49(44-41-38-35-32-21-18-15-12-9-6-3)47-52(57)54-50(48-55)51(56)45-42-39-36-33-30-28-23-20-17-14-11-8-5-2/h24-25,49-51,55-56H,4-23,26-48H2,1-3H3,(H,54,57)/b25-24+. The Hall–Kier alpha value is -1.40. The van der Waals surface area contributed by atoms with E-state index < -0.39 is 18.2 Å².